The number of amides is 1. The molecule has 0 spiro atoms. The fourth-order valence-electron chi connectivity index (χ4n) is 1.89. The second kappa shape index (κ2) is 9.22. The SMILES string of the molecule is CCCOc1ccc(OCC(=O)Nc2nnc(CC(C)C)s2)cc1. The van der Waals surface area contributed by atoms with Crippen LogP contribution in [0.2, 0.25) is 0 Å². The smallest absolute Gasteiger partial charge is 0.264 e. The molecule has 0 aliphatic carbocycles. The zero-order valence-electron chi connectivity index (χ0n) is 14.2. The number of aromatic nitrogens is 2. The third kappa shape index (κ3) is 6.16. The second-order valence-electron chi connectivity index (χ2n) is 5.76. The van der Waals surface area contributed by atoms with Crippen molar-refractivity contribution in [3.8, 4) is 11.5 Å². The molecule has 0 saturated carbocycles. The highest BCUT2D eigenvalue weighted by Gasteiger charge is 2.10. The summed E-state index contributed by atoms with van der Waals surface area (Å²) in [5, 5.41) is 12.2. The Labute approximate surface area is 146 Å². The lowest BCUT2D eigenvalue weighted by molar-refractivity contribution is -0.118. The summed E-state index contributed by atoms with van der Waals surface area (Å²) in [6.07, 6.45) is 1.82. The molecular formula is C17H23N3O3S. The van der Waals surface area contributed by atoms with Crippen LogP contribution in [0.5, 0.6) is 11.5 Å². The Morgan fingerprint density at radius 3 is 2.46 bits per heavy atom. The van der Waals surface area contributed by atoms with E-state index < -0.39 is 0 Å². The summed E-state index contributed by atoms with van der Waals surface area (Å²) in [4.78, 5) is 11.9. The van der Waals surface area contributed by atoms with Crippen LogP contribution < -0.4 is 14.8 Å². The summed E-state index contributed by atoms with van der Waals surface area (Å²) in [6.45, 7) is 6.90. The van der Waals surface area contributed by atoms with Gasteiger partial charge in [0.15, 0.2) is 6.61 Å². The van der Waals surface area contributed by atoms with E-state index >= 15 is 0 Å². The molecule has 0 aliphatic heterocycles. The molecule has 0 unspecified atom stereocenters. The molecule has 2 aromatic rings. The molecule has 24 heavy (non-hydrogen) atoms. The third-order valence-corrected chi connectivity index (χ3v) is 3.82. The van der Waals surface area contributed by atoms with Crippen LogP contribution in [-0.4, -0.2) is 29.3 Å². The Morgan fingerprint density at radius 2 is 1.83 bits per heavy atom. The molecule has 1 aromatic heterocycles. The molecule has 6 nitrogen and oxygen atoms in total. The van der Waals surface area contributed by atoms with Crippen LogP contribution >= 0.6 is 11.3 Å². The third-order valence-electron chi connectivity index (χ3n) is 2.96. The molecule has 0 bridgehead atoms. The van der Waals surface area contributed by atoms with Gasteiger partial charge in [0.1, 0.15) is 16.5 Å². The minimum absolute atomic E-state index is 0.0751. The highest BCUT2D eigenvalue weighted by molar-refractivity contribution is 7.15. The van der Waals surface area contributed by atoms with E-state index in [0.29, 0.717) is 23.4 Å². The molecule has 0 aliphatic rings. The first-order chi connectivity index (χ1) is 11.6. The lowest BCUT2D eigenvalue weighted by Crippen LogP contribution is -2.20. The number of ether oxygens (including phenoxy) is 2. The maximum Gasteiger partial charge on any atom is 0.264 e. The molecule has 0 saturated heterocycles. The van der Waals surface area contributed by atoms with E-state index in [1.165, 1.54) is 11.3 Å². The summed E-state index contributed by atoms with van der Waals surface area (Å²) in [5.41, 5.74) is 0. The van der Waals surface area contributed by atoms with Crippen molar-refractivity contribution in [3.05, 3.63) is 29.3 Å². The van der Waals surface area contributed by atoms with E-state index in [-0.39, 0.29) is 12.5 Å². The van der Waals surface area contributed by atoms with E-state index in [1.807, 2.05) is 12.1 Å². The normalized spacial score (nSPS) is 10.7. The van der Waals surface area contributed by atoms with Crippen molar-refractivity contribution in [2.75, 3.05) is 18.5 Å². The number of nitrogens with zero attached hydrogens (tertiary/aromatic N) is 2. The average molecular weight is 349 g/mol. The summed E-state index contributed by atoms with van der Waals surface area (Å²) >= 11 is 1.39. The van der Waals surface area contributed by atoms with Gasteiger partial charge in [0.05, 0.1) is 6.61 Å². The second-order valence-corrected chi connectivity index (χ2v) is 6.82. The Balaban J connectivity index is 1.77. The number of anilines is 1. The maximum atomic E-state index is 11.9. The monoisotopic (exact) mass is 349 g/mol. The lowest BCUT2D eigenvalue weighted by Gasteiger charge is -2.07. The van der Waals surface area contributed by atoms with Gasteiger partial charge in [-0.2, -0.15) is 0 Å². The van der Waals surface area contributed by atoms with Crippen molar-refractivity contribution in [3.63, 3.8) is 0 Å². The van der Waals surface area contributed by atoms with Gasteiger partial charge in [0.25, 0.3) is 5.91 Å². The number of hydrogen-bond acceptors (Lipinski definition) is 6. The van der Waals surface area contributed by atoms with Gasteiger partial charge in [-0.1, -0.05) is 32.1 Å². The highest BCUT2D eigenvalue weighted by Crippen LogP contribution is 2.19. The zero-order chi connectivity index (χ0) is 17.4. The van der Waals surface area contributed by atoms with Crippen LogP contribution in [0, 0.1) is 5.92 Å². The number of carbonyl (C=O) groups is 1. The van der Waals surface area contributed by atoms with E-state index in [1.54, 1.807) is 12.1 Å². The van der Waals surface area contributed by atoms with Crippen LogP contribution in [0.3, 0.4) is 0 Å². The number of carbonyl (C=O) groups excluding carboxylic acids is 1. The first kappa shape index (κ1) is 18.2. The van der Waals surface area contributed by atoms with Crippen molar-refractivity contribution in [1.82, 2.24) is 10.2 Å². The lowest BCUT2D eigenvalue weighted by atomic mass is 10.1. The number of benzene rings is 1. The first-order valence-corrected chi connectivity index (χ1v) is 8.86. The van der Waals surface area contributed by atoms with Gasteiger partial charge in [-0.25, -0.2) is 0 Å². The van der Waals surface area contributed by atoms with Gasteiger partial charge in [-0.15, -0.1) is 10.2 Å². The number of hydrogen-bond donors (Lipinski definition) is 1. The van der Waals surface area contributed by atoms with Gasteiger partial charge >= 0.3 is 0 Å². The molecule has 1 aromatic carbocycles. The van der Waals surface area contributed by atoms with Crippen LogP contribution in [-0.2, 0) is 11.2 Å². The quantitative estimate of drug-likeness (QED) is 0.749. The molecular weight excluding hydrogens is 326 g/mol. The summed E-state index contributed by atoms with van der Waals surface area (Å²) in [7, 11) is 0. The topological polar surface area (TPSA) is 73.3 Å². The van der Waals surface area contributed by atoms with Gasteiger partial charge in [0.2, 0.25) is 5.13 Å². The van der Waals surface area contributed by atoms with Gasteiger partial charge in [-0.05, 0) is 36.6 Å². The van der Waals surface area contributed by atoms with Crippen molar-refractivity contribution in [2.45, 2.75) is 33.6 Å². The number of rotatable bonds is 9. The molecule has 1 heterocycles. The maximum absolute atomic E-state index is 11.9. The van der Waals surface area contributed by atoms with Crippen LogP contribution in [0.1, 0.15) is 32.2 Å². The zero-order valence-corrected chi connectivity index (χ0v) is 15.1. The Hall–Kier alpha value is -2.15. The summed E-state index contributed by atoms with van der Waals surface area (Å²) in [6, 6.07) is 7.21. The highest BCUT2D eigenvalue weighted by atomic mass is 32.1. The van der Waals surface area contributed by atoms with Crippen molar-refractivity contribution in [1.29, 1.82) is 0 Å². The van der Waals surface area contributed by atoms with Crippen molar-refractivity contribution in [2.24, 2.45) is 5.92 Å². The molecule has 0 fully saturated rings. The minimum atomic E-state index is -0.256. The van der Waals surface area contributed by atoms with E-state index in [9.17, 15) is 4.79 Å². The van der Waals surface area contributed by atoms with Crippen LogP contribution in [0.25, 0.3) is 0 Å². The Kier molecular flexibility index (Phi) is 6.99. The molecule has 0 radical (unpaired) electrons. The van der Waals surface area contributed by atoms with E-state index in [4.69, 9.17) is 9.47 Å². The minimum Gasteiger partial charge on any atom is -0.494 e. The molecule has 7 heteroatoms. The predicted molar refractivity (Wildman–Crippen MR) is 94.8 cm³/mol. The standard InChI is InChI=1S/C17H23N3O3S/c1-4-9-22-13-5-7-14(8-6-13)23-11-15(21)18-17-20-19-16(24-17)10-12(2)3/h5-8,12H,4,9-11H2,1-3H3,(H,18,20,21). The molecule has 130 valence electrons. The molecule has 1 amide bonds. The molecule has 0 atom stereocenters. The van der Waals surface area contributed by atoms with Crippen molar-refractivity contribution < 1.29 is 14.3 Å². The first-order valence-electron chi connectivity index (χ1n) is 8.04. The van der Waals surface area contributed by atoms with Crippen LogP contribution in [0.15, 0.2) is 24.3 Å². The average Bonchev–Trinajstić information content (AvgIpc) is 2.98. The van der Waals surface area contributed by atoms with Gasteiger partial charge < -0.3 is 9.47 Å². The van der Waals surface area contributed by atoms with Crippen molar-refractivity contribution >= 4 is 22.4 Å². The van der Waals surface area contributed by atoms with Gasteiger partial charge in [-0.3, -0.25) is 10.1 Å². The summed E-state index contributed by atoms with van der Waals surface area (Å²) < 4.78 is 11.0. The Morgan fingerprint density at radius 1 is 1.17 bits per heavy atom. The van der Waals surface area contributed by atoms with E-state index in [2.05, 4.69) is 36.3 Å². The number of nitrogens with one attached hydrogen (secondary N) is 1. The Bertz CT molecular complexity index is 641. The predicted octanol–water partition coefficient (Wildman–Crippen LogP) is 3.54. The van der Waals surface area contributed by atoms with Crippen LogP contribution in [0.4, 0.5) is 5.13 Å². The van der Waals surface area contributed by atoms with Gasteiger partial charge in [0, 0.05) is 6.42 Å². The fourth-order valence-corrected chi connectivity index (χ4v) is 2.86. The molecule has 1 N–H and O–H groups in total. The largest absolute Gasteiger partial charge is 0.494 e. The molecule has 2 rings (SSSR count). The van der Waals surface area contributed by atoms with E-state index in [0.717, 1.165) is 23.6 Å². The fraction of sp³-hybridized carbons (Fsp3) is 0.471. The summed E-state index contributed by atoms with van der Waals surface area (Å²) in [5.74, 6) is 1.66.